The fraction of sp³-hybridized carbons (Fsp3) is 0.440. The maximum Gasteiger partial charge on any atom is 0.274 e. The zero-order chi connectivity index (χ0) is 24.0. The summed E-state index contributed by atoms with van der Waals surface area (Å²) in [6, 6.07) is 4.42. The number of alkyl halides is 2. The Bertz CT molecular complexity index is 1240. The molecule has 1 aliphatic heterocycles. The van der Waals surface area contributed by atoms with Crippen molar-refractivity contribution in [2.75, 3.05) is 11.9 Å². The molecule has 5 rings (SSSR count). The molecule has 2 aliphatic rings. The van der Waals surface area contributed by atoms with Gasteiger partial charge < -0.3 is 15.2 Å². The molecule has 7 nitrogen and oxygen atoms in total. The van der Waals surface area contributed by atoms with E-state index in [2.05, 4.69) is 32.7 Å². The van der Waals surface area contributed by atoms with Crippen molar-refractivity contribution in [3.05, 3.63) is 58.4 Å². The number of allylic oxidation sites excluding steroid dienone is 1. The molecule has 0 aromatic carbocycles. The SMILES string of the molecule is Cc1noc(C)c1-c1ccc2c(n1)CC=C2c1nc(N[C@H]2CC[C@H](C)NC2)ncc1C(C)(F)F. The van der Waals surface area contributed by atoms with Crippen LogP contribution in [0.15, 0.2) is 28.9 Å². The van der Waals surface area contributed by atoms with Gasteiger partial charge in [-0.3, -0.25) is 4.98 Å². The first-order valence-corrected chi connectivity index (χ1v) is 11.6. The van der Waals surface area contributed by atoms with Gasteiger partial charge in [-0.1, -0.05) is 17.3 Å². The van der Waals surface area contributed by atoms with Crippen LogP contribution in [0, 0.1) is 13.8 Å². The van der Waals surface area contributed by atoms with Crippen LogP contribution in [0.3, 0.4) is 0 Å². The summed E-state index contributed by atoms with van der Waals surface area (Å²) in [5.41, 5.74) is 4.72. The molecule has 3 aromatic rings. The molecule has 1 fully saturated rings. The molecular formula is C25H28F2N6O. The highest BCUT2D eigenvalue weighted by atomic mass is 19.3. The Hall–Kier alpha value is -3.20. The number of aryl methyl sites for hydroxylation is 2. The Kier molecular flexibility index (Phi) is 5.67. The maximum atomic E-state index is 14.5. The van der Waals surface area contributed by atoms with Crippen LogP contribution in [0.5, 0.6) is 0 Å². The largest absolute Gasteiger partial charge is 0.361 e. The van der Waals surface area contributed by atoms with E-state index in [-0.39, 0.29) is 17.3 Å². The summed E-state index contributed by atoms with van der Waals surface area (Å²) < 4.78 is 34.4. The number of hydrogen-bond donors (Lipinski definition) is 2. The van der Waals surface area contributed by atoms with E-state index in [0.29, 0.717) is 29.7 Å². The number of nitrogens with zero attached hydrogens (tertiary/aromatic N) is 4. The minimum Gasteiger partial charge on any atom is -0.361 e. The highest BCUT2D eigenvalue weighted by Crippen LogP contribution is 2.39. The molecule has 4 heterocycles. The number of fused-ring (bicyclic) bond motifs is 1. The molecule has 0 saturated carbocycles. The van der Waals surface area contributed by atoms with Gasteiger partial charge in [0.2, 0.25) is 5.95 Å². The van der Waals surface area contributed by atoms with Gasteiger partial charge in [-0.15, -0.1) is 0 Å². The highest BCUT2D eigenvalue weighted by molar-refractivity contribution is 5.85. The normalized spacial score (nSPS) is 20.2. The number of nitrogens with one attached hydrogen (secondary N) is 2. The number of aromatic nitrogens is 4. The standard InChI is InChI=1S/C25H28F2N6O/c1-13-5-6-16(11-28-13)30-24-29-12-19(25(4,26)27)23(32-24)18-8-9-20-17(18)7-10-21(31-20)22-14(2)33-34-15(22)3/h7-8,10,12-13,16,28H,5-6,9,11H2,1-4H3,(H,29,30,32)/t13-,16-/m0/s1. The summed E-state index contributed by atoms with van der Waals surface area (Å²) in [6.45, 7) is 7.53. The number of rotatable bonds is 5. The second kappa shape index (κ2) is 8.54. The van der Waals surface area contributed by atoms with E-state index in [9.17, 15) is 8.78 Å². The lowest BCUT2D eigenvalue weighted by atomic mass is 9.99. The van der Waals surface area contributed by atoms with E-state index in [4.69, 9.17) is 9.51 Å². The number of halogens is 2. The van der Waals surface area contributed by atoms with Gasteiger partial charge in [-0.2, -0.15) is 0 Å². The number of anilines is 1. The van der Waals surface area contributed by atoms with E-state index in [1.807, 2.05) is 32.1 Å². The Balaban J connectivity index is 1.50. The number of piperidine rings is 1. The van der Waals surface area contributed by atoms with Gasteiger partial charge in [-0.25, -0.2) is 18.7 Å². The lowest BCUT2D eigenvalue weighted by Crippen LogP contribution is -2.43. The lowest BCUT2D eigenvalue weighted by Gasteiger charge is -2.28. The molecule has 1 saturated heterocycles. The third-order valence-electron chi connectivity index (χ3n) is 6.56. The van der Waals surface area contributed by atoms with Crippen LogP contribution in [-0.4, -0.2) is 38.7 Å². The molecule has 0 radical (unpaired) electrons. The zero-order valence-electron chi connectivity index (χ0n) is 19.7. The molecule has 0 unspecified atom stereocenters. The van der Waals surface area contributed by atoms with Crippen LogP contribution in [-0.2, 0) is 12.3 Å². The summed E-state index contributed by atoms with van der Waals surface area (Å²) in [5, 5.41) is 10.8. The first kappa shape index (κ1) is 22.6. The molecule has 2 N–H and O–H groups in total. The van der Waals surface area contributed by atoms with Crippen molar-refractivity contribution >= 4 is 11.5 Å². The molecule has 34 heavy (non-hydrogen) atoms. The molecular weight excluding hydrogens is 438 g/mol. The molecule has 3 aromatic heterocycles. The van der Waals surface area contributed by atoms with E-state index in [1.165, 1.54) is 6.20 Å². The fourth-order valence-electron chi connectivity index (χ4n) is 4.71. The second-order valence-corrected chi connectivity index (χ2v) is 9.28. The Morgan fingerprint density at radius 3 is 2.68 bits per heavy atom. The first-order chi connectivity index (χ1) is 16.2. The predicted octanol–water partition coefficient (Wildman–Crippen LogP) is 4.80. The van der Waals surface area contributed by atoms with Gasteiger partial charge in [0.1, 0.15) is 5.76 Å². The van der Waals surface area contributed by atoms with Crippen molar-refractivity contribution in [2.24, 2.45) is 0 Å². The van der Waals surface area contributed by atoms with Crippen LogP contribution in [0.4, 0.5) is 14.7 Å². The van der Waals surface area contributed by atoms with Crippen LogP contribution < -0.4 is 10.6 Å². The van der Waals surface area contributed by atoms with E-state index < -0.39 is 5.92 Å². The van der Waals surface area contributed by atoms with Gasteiger partial charge in [0.15, 0.2) is 0 Å². The third-order valence-corrected chi connectivity index (χ3v) is 6.56. The number of pyridine rings is 1. The lowest BCUT2D eigenvalue weighted by molar-refractivity contribution is 0.0165. The van der Waals surface area contributed by atoms with E-state index >= 15 is 0 Å². The molecule has 178 valence electrons. The summed E-state index contributed by atoms with van der Waals surface area (Å²) in [4.78, 5) is 13.6. The minimum absolute atomic E-state index is 0.154. The van der Waals surface area contributed by atoms with Gasteiger partial charge in [0.25, 0.3) is 5.92 Å². The summed E-state index contributed by atoms with van der Waals surface area (Å²) in [7, 11) is 0. The maximum absolute atomic E-state index is 14.5. The molecule has 0 spiro atoms. The average Bonchev–Trinajstić information content (AvgIpc) is 3.36. The van der Waals surface area contributed by atoms with Crippen molar-refractivity contribution in [3.63, 3.8) is 0 Å². The highest BCUT2D eigenvalue weighted by Gasteiger charge is 2.33. The van der Waals surface area contributed by atoms with Crippen molar-refractivity contribution in [3.8, 4) is 11.3 Å². The summed E-state index contributed by atoms with van der Waals surface area (Å²) in [5.74, 6) is -2.02. The Morgan fingerprint density at radius 2 is 2.00 bits per heavy atom. The fourth-order valence-corrected chi connectivity index (χ4v) is 4.71. The topological polar surface area (TPSA) is 88.8 Å². The van der Waals surface area contributed by atoms with E-state index in [0.717, 1.165) is 54.5 Å². The molecule has 1 aliphatic carbocycles. The van der Waals surface area contributed by atoms with Crippen molar-refractivity contribution in [2.45, 2.75) is 65.0 Å². The van der Waals surface area contributed by atoms with Crippen LogP contribution in [0.2, 0.25) is 0 Å². The molecule has 9 heteroatoms. The average molecular weight is 467 g/mol. The second-order valence-electron chi connectivity index (χ2n) is 9.28. The smallest absolute Gasteiger partial charge is 0.274 e. The molecule has 2 atom stereocenters. The van der Waals surface area contributed by atoms with Crippen LogP contribution in [0.25, 0.3) is 16.8 Å². The summed E-state index contributed by atoms with van der Waals surface area (Å²) in [6.07, 6.45) is 5.70. The zero-order valence-corrected chi connectivity index (χ0v) is 19.7. The van der Waals surface area contributed by atoms with Crippen molar-refractivity contribution in [1.29, 1.82) is 0 Å². The number of hydrogen-bond acceptors (Lipinski definition) is 7. The molecule has 0 amide bonds. The Morgan fingerprint density at radius 1 is 1.18 bits per heavy atom. The van der Waals surface area contributed by atoms with E-state index in [1.54, 1.807) is 0 Å². The van der Waals surface area contributed by atoms with Crippen LogP contribution >= 0.6 is 0 Å². The Labute approximate surface area is 197 Å². The predicted molar refractivity (Wildman–Crippen MR) is 126 cm³/mol. The minimum atomic E-state index is -3.08. The monoisotopic (exact) mass is 466 g/mol. The van der Waals surface area contributed by atoms with Crippen molar-refractivity contribution in [1.82, 2.24) is 25.4 Å². The molecule has 0 bridgehead atoms. The van der Waals surface area contributed by atoms with Crippen molar-refractivity contribution < 1.29 is 13.3 Å². The van der Waals surface area contributed by atoms with Gasteiger partial charge >= 0.3 is 0 Å². The quantitative estimate of drug-likeness (QED) is 0.559. The van der Waals surface area contributed by atoms with Gasteiger partial charge in [0, 0.05) is 49.3 Å². The summed E-state index contributed by atoms with van der Waals surface area (Å²) >= 11 is 0. The van der Waals surface area contributed by atoms with Gasteiger partial charge in [0.05, 0.1) is 33.9 Å². The van der Waals surface area contributed by atoms with Crippen LogP contribution in [0.1, 0.15) is 60.7 Å². The third kappa shape index (κ3) is 4.20. The van der Waals surface area contributed by atoms with Gasteiger partial charge in [-0.05, 0) is 39.7 Å². The first-order valence-electron chi connectivity index (χ1n) is 11.6.